The predicted molar refractivity (Wildman–Crippen MR) is 64.6 cm³/mol. The third-order valence-electron chi connectivity index (χ3n) is 1.68. The van der Waals surface area contributed by atoms with Crippen molar-refractivity contribution in [3.05, 3.63) is 34.7 Å². The normalized spacial score (nSPS) is 10.6. The minimum atomic E-state index is -0.577. The van der Waals surface area contributed by atoms with Gasteiger partial charge in [-0.05, 0) is 28.1 Å². The van der Waals surface area contributed by atoms with E-state index < -0.39 is 4.84 Å². The highest BCUT2D eigenvalue weighted by Crippen LogP contribution is 2.26. The topological polar surface area (TPSA) is 17.3 Å². The lowest BCUT2D eigenvalue weighted by Crippen LogP contribution is -1.81. The van der Waals surface area contributed by atoms with E-state index in [-0.39, 0.29) is 12.4 Å². The predicted octanol–water partition coefficient (Wildman–Crippen LogP) is 3.99. The first-order chi connectivity index (χ1) is 6.18. The molecule has 0 radical (unpaired) electrons. The van der Waals surface area contributed by atoms with E-state index in [9.17, 15) is 0 Å². The first-order valence-corrected chi connectivity index (χ1v) is 5.26. The Morgan fingerprint density at radius 3 is 2.71 bits per heavy atom. The van der Waals surface area contributed by atoms with Crippen molar-refractivity contribution in [1.29, 1.82) is 0 Å². The highest BCUT2D eigenvalue weighted by atomic mass is 79.9. The lowest BCUT2D eigenvalue weighted by Gasteiger charge is -1.92. The number of nitrogens with zero attached hydrogens (tertiary/aromatic N) is 2. The summed E-state index contributed by atoms with van der Waals surface area (Å²) in [7, 11) is 0. The molecule has 0 saturated heterocycles. The molecule has 0 atom stereocenters. The molecule has 2 rings (SSSR count). The largest absolute Gasteiger partial charge is 0.306 e. The second-order valence-electron chi connectivity index (χ2n) is 2.55. The number of rotatable bonds is 1. The smallest absolute Gasteiger partial charge is 0.151 e. The van der Waals surface area contributed by atoms with Gasteiger partial charge in [0.15, 0.2) is 10.5 Å². The summed E-state index contributed by atoms with van der Waals surface area (Å²) in [5.74, 6) is 0. The molecule has 14 heavy (non-hydrogen) atoms. The molecule has 0 N–H and O–H groups in total. The maximum absolute atomic E-state index is 5.70. The number of hydrogen-bond acceptors (Lipinski definition) is 1. The molecule has 0 amide bonds. The van der Waals surface area contributed by atoms with E-state index >= 15 is 0 Å². The van der Waals surface area contributed by atoms with Crippen LogP contribution in [0.5, 0.6) is 0 Å². The van der Waals surface area contributed by atoms with Crippen LogP contribution in [0, 0.1) is 0 Å². The van der Waals surface area contributed by atoms with E-state index in [1.165, 1.54) is 0 Å². The van der Waals surface area contributed by atoms with Gasteiger partial charge in [-0.25, -0.2) is 4.98 Å². The van der Waals surface area contributed by atoms with Gasteiger partial charge in [0.05, 0.1) is 10.2 Å². The fraction of sp³-hybridized carbons (Fsp3) is 0.125. The molecule has 0 aliphatic heterocycles. The SMILES string of the molecule is Cl.ClC(Cl)c1cn2cccc(Br)c2n1. The number of hydrogen-bond donors (Lipinski definition) is 0. The van der Waals surface area contributed by atoms with Crippen LogP contribution in [0.2, 0.25) is 0 Å². The van der Waals surface area contributed by atoms with Gasteiger partial charge in [0.25, 0.3) is 0 Å². The Hall–Kier alpha value is 0.0400. The maximum atomic E-state index is 5.70. The summed E-state index contributed by atoms with van der Waals surface area (Å²) in [5, 5.41) is 0. The molecule has 2 nitrogen and oxygen atoms in total. The second-order valence-corrected chi connectivity index (χ2v) is 4.50. The van der Waals surface area contributed by atoms with E-state index in [0.717, 1.165) is 10.1 Å². The molecule has 0 aliphatic carbocycles. The van der Waals surface area contributed by atoms with Gasteiger partial charge in [0, 0.05) is 12.4 Å². The van der Waals surface area contributed by atoms with Gasteiger partial charge in [-0.2, -0.15) is 0 Å². The van der Waals surface area contributed by atoms with Gasteiger partial charge < -0.3 is 4.40 Å². The first-order valence-electron chi connectivity index (χ1n) is 3.60. The Kier molecular flexibility index (Phi) is 4.07. The van der Waals surface area contributed by atoms with Crippen LogP contribution < -0.4 is 0 Å². The molecule has 2 aromatic rings. The molecule has 6 heteroatoms. The summed E-state index contributed by atoms with van der Waals surface area (Å²) in [5.41, 5.74) is 1.49. The van der Waals surface area contributed by atoms with Crippen LogP contribution in [0.25, 0.3) is 5.65 Å². The van der Waals surface area contributed by atoms with Gasteiger partial charge in [-0.3, -0.25) is 0 Å². The van der Waals surface area contributed by atoms with Crippen molar-refractivity contribution in [2.45, 2.75) is 4.84 Å². The van der Waals surface area contributed by atoms with Gasteiger partial charge in [-0.1, -0.05) is 23.2 Å². The minimum Gasteiger partial charge on any atom is -0.306 e. The Morgan fingerprint density at radius 2 is 2.14 bits per heavy atom. The van der Waals surface area contributed by atoms with Crippen molar-refractivity contribution < 1.29 is 0 Å². The standard InChI is InChI=1S/C8H5BrCl2N2.ClH/c9-5-2-1-3-13-4-6(7(10)11)12-8(5)13;/h1-4,7H;1H. The number of halogens is 4. The third-order valence-corrected chi connectivity index (χ3v) is 2.74. The lowest BCUT2D eigenvalue weighted by molar-refractivity contribution is 1.17. The summed E-state index contributed by atoms with van der Waals surface area (Å²) in [6, 6.07) is 3.84. The van der Waals surface area contributed by atoms with Crippen molar-refractivity contribution in [3.8, 4) is 0 Å². The molecule has 0 aromatic carbocycles. The second kappa shape index (κ2) is 4.71. The Morgan fingerprint density at radius 1 is 1.43 bits per heavy atom. The van der Waals surface area contributed by atoms with Crippen molar-refractivity contribution >= 4 is 57.2 Å². The van der Waals surface area contributed by atoms with Crippen LogP contribution in [0.4, 0.5) is 0 Å². The summed E-state index contributed by atoms with van der Waals surface area (Å²) in [6.07, 6.45) is 3.71. The van der Waals surface area contributed by atoms with Crippen molar-refractivity contribution in [3.63, 3.8) is 0 Å². The summed E-state index contributed by atoms with van der Waals surface area (Å²) < 4.78 is 2.80. The Bertz CT molecular complexity index is 441. The van der Waals surface area contributed by atoms with E-state index in [0.29, 0.717) is 5.69 Å². The average Bonchev–Trinajstić information content (AvgIpc) is 2.49. The van der Waals surface area contributed by atoms with Crippen LogP contribution in [-0.2, 0) is 0 Å². The van der Waals surface area contributed by atoms with E-state index in [1.54, 1.807) is 0 Å². The summed E-state index contributed by atoms with van der Waals surface area (Å²) >= 11 is 14.8. The van der Waals surface area contributed by atoms with Crippen LogP contribution >= 0.6 is 51.5 Å². The highest BCUT2D eigenvalue weighted by Gasteiger charge is 2.09. The minimum absolute atomic E-state index is 0. The van der Waals surface area contributed by atoms with Crippen LogP contribution in [-0.4, -0.2) is 9.38 Å². The van der Waals surface area contributed by atoms with Gasteiger partial charge in [-0.15, -0.1) is 12.4 Å². The zero-order chi connectivity index (χ0) is 9.42. The van der Waals surface area contributed by atoms with E-state index in [4.69, 9.17) is 23.2 Å². The third kappa shape index (κ3) is 2.16. The summed E-state index contributed by atoms with van der Waals surface area (Å²) in [6.45, 7) is 0. The number of pyridine rings is 1. The molecule has 0 unspecified atom stereocenters. The summed E-state index contributed by atoms with van der Waals surface area (Å²) in [4.78, 5) is 3.69. The fourth-order valence-corrected chi connectivity index (χ4v) is 1.76. The number of aromatic nitrogens is 2. The Labute approximate surface area is 106 Å². The molecule has 2 heterocycles. The Balaban J connectivity index is 0.000000980. The maximum Gasteiger partial charge on any atom is 0.151 e. The van der Waals surface area contributed by atoms with Gasteiger partial charge in [0.2, 0.25) is 0 Å². The van der Waals surface area contributed by atoms with Crippen molar-refractivity contribution in [2.75, 3.05) is 0 Å². The van der Waals surface area contributed by atoms with Crippen molar-refractivity contribution in [1.82, 2.24) is 9.38 Å². The highest BCUT2D eigenvalue weighted by molar-refractivity contribution is 9.10. The van der Waals surface area contributed by atoms with E-state index in [2.05, 4.69) is 20.9 Å². The molecule has 0 fully saturated rings. The molecule has 0 bridgehead atoms. The molecule has 0 spiro atoms. The number of alkyl halides is 2. The number of imidazole rings is 1. The fourth-order valence-electron chi connectivity index (χ4n) is 1.10. The van der Waals surface area contributed by atoms with Crippen LogP contribution in [0.3, 0.4) is 0 Å². The van der Waals surface area contributed by atoms with Gasteiger partial charge >= 0.3 is 0 Å². The molecule has 76 valence electrons. The van der Waals surface area contributed by atoms with Crippen LogP contribution in [0.15, 0.2) is 29.0 Å². The molecule has 2 aromatic heterocycles. The van der Waals surface area contributed by atoms with E-state index in [1.807, 2.05) is 28.9 Å². The zero-order valence-electron chi connectivity index (χ0n) is 6.82. The monoisotopic (exact) mass is 314 g/mol. The zero-order valence-corrected chi connectivity index (χ0v) is 10.7. The lowest BCUT2D eigenvalue weighted by atomic mass is 10.5. The number of fused-ring (bicyclic) bond motifs is 1. The average molecular weight is 316 g/mol. The molecule has 0 aliphatic rings. The molecule has 0 saturated carbocycles. The molecular weight excluding hydrogens is 310 g/mol. The van der Waals surface area contributed by atoms with Gasteiger partial charge in [0.1, 0.15) is 0 Å². The molecular formula is C8H6BrCl3N2. The van der Waals surface area contributed by atoms with Crippen LogP contribution in [0.1, 0.15) is 10.5 Å². The van der Waals surface area contributed by atoms with Crippen molar-refractivity contribution in [2.24, 2.45) is 0 Å². The first kappa shape index (κ1) is 12.1. The quantitative estimate of drug-likeness (QED) is 0.727.